The van der Waals surface area contributed by atoms with Crippen LogP contribution in [0.4, 0.5) is 13.2 Å². The molecular formula is C8H6F3NO2. The summed E-state index contributed by atoms with van der Waals surface area (Å²) in [6.45, 7) is 1.07. The van der Waals surface area contributed by atoms with E-state index >= 15 is 0 Å². The van der Waals surface area contributed by atoms with Gasteiger partial charge in [-0.05, 0) is 6.92 Å². The first-order valence-corrected chi connectivity index (χ1v) is 3.61. The molecule has 76 valence electrons. The van der Waals surface area contributed by atoms with E-state index in [0.29, 0.717) is 6.20 Å². The molecule has 1 N–H and O–H groups in total. The number of alkyl halides is 2. The van der Waals surface area contributed by atoms with E-state index < -0.39 is 35.0 Å². The van der Waals surface area contributed by atoms with Gasteiger partial charge in [-0.3, -0.25) is 4.98 Å². The van der Waals surface area contributed by atoms with Crippen LogP contribution in [0.3, 0.4) is 0 Å². The highest BCUT2D eigenvalue weighted by atomic mass is 19.3. The summed E-state index contributed by atoms with van der Waals surface area (Å²) in [7, 11) is 0. The van der Waals surface area contributed by atoms with Crippen molar-refractivity contribution >= 4 is 5.97 Å². The molecule has 0 saturated heterocycles. The lowest BCUT2D eigenvalue weighted by Gasteiger charge is -2.06. The normalized spacial score (nSPS) is 10.6. The fourth-order valence-corrected chi connectivity index (χ4v) is 0.971. The fourth-order valence-electron chi connectivity index (χ4n) is 0.971. The average Bonchev–Trinajstić information content (AvgIpc) is 2.08. The van der Waals surface area contributed by atoms with Crippen molar-refractivity contribution in [2.75, 3.05) is 0 Å². The van der Waals surface area contributed by atoms with Gasteiger partial charge in [0.25, 0.3) is 6.43 Å². The Balaban J connectivity index is 3.33. The number of hydrogen-bond donors (Lipinski definition) is 1. The molecule has 0 amide bonds. The molecule has 1 aromatic heterocycles. The third-order valence-electron chi connectivity index (χ3n) is 1.72. The van der Waals surface area contributed by atoms with Gasteiger partial charge in [-0.1, -0.05) is 0 Å². The standard InChI is InChI=1S/C8H6F3NO2/c1-3-5(9)4(8(13)14)2-12-6(3)7(10)11/h2,7H,1H3,(H,13,14). The summed E-state index contributed by atoms with van der Waals surface area (Å²) in [5, 5.41) is 8.45. The van der Waals surface area contributed by atoms with E-state index in [1.165, 1.54) is 0 Å². The molecule has 1 heterocycles. The monoisotopic (exact) mass is 205 g/mol. The molecular weight excluding hydrogens is 199 g/mol. The number of carboxylic acid groups (broad SMARTS) is 1. The average molecular weight is 205 g/mol. The first-order valence-electron chi connectivity index (χ1n) is 3.61. The van der Waals surface area contributed by atoms with Gasteiger partial charge in [-0.15, -0.1) is 0 Å². The van der Waals surface area contributed by atoms with Gasteiger partial charge in [0.05, 0.1) is 0 Å². The molecule has 0 unspecified atom stereocenters. The quantitative estimate of drug-likeness (QED) is 0.804. The van der Waals surface area contributed by atoms with Crippen LogP contribution in [0.2, 0.25) is 0 Å². The van der Waals surface area contributed by atoms with Crippen LogP contribution in [0.15, 0.2) is 6.20 Å². The van der Waals surface area contributed by atoms with Crippen molar-refractivity contribution in [3.63, 3.8) is 0 Å². The molecule has 0 fully saturated rings. The maximum absolute atomic E-state index is 13.1. The lowest BCUT2D eigenvalue weighted by Crippen LogP contribution is -2.07. The Bertz CT molecular complexity index is 379. The number of pyridine rings is 1. The molecule has 1 rings (SSSR count). The van der Waals surface area contributed by atoms with Gasteiger partial charge in [0.15, 0.2) is 0 Å². The maximum atomic E-state index is 13.1. The van der Waals surface area contributed by atoms with Gasteiger partial charge in [-0.2, -0.15) is 0 Å². The molecule has 0 aliphatic carbocycles. The second kappa shape index (κ2) is 3.65. The molecule has 3 nitrogen and oxygen atoms in total. The number of halogens is 3. The third-order valence-corrected chi connectivity index (χ3v) is 1.72. The number of carboxylic acids is 1. The number of carbonyl (C=O) groups is 1. The van der Waals surface area contributed by atoms with Gasteiger partial charge in [0.1, 0.15) is 17.1 Å². The van der Waals surface area contributed by atoms with Crippen LogP contribution in [0, 0.1) is 12.7 Å². The van der Waals surface area contributed by atoms with E-state index in [1.807, 2.05) is 0 Å². The summed E-state index contributed by atoms with van der Waals surface area (Å²) in [6, 6.07) is 0. The molecule has 0 radical (unpaired) electrons. The van der Waals surface area contributed by atoms with E-state index in [0.717, 1.165) is 6.92 Å². The smallest absolute Gasteiger partial charge is 0.340 e. The van der Waals surface area contributed by atoms with Gasteiger partial charge >= 0.3 is 5.97 Å². The Labute approximate surface area is 77.2 Å². The summed E-state index contributed by atoms with van der Waals surface area (Å²) < 4.78 is 37.4. The molecule has 14 heavy (non-hydrogen) atoms. The first kappa shape index (κ1) is 10.5. The van der Waals surface area contributed by atoms with Crippen LogP contribution in [0.5, 0.6) is 0 Å². The number of nitrogens with zero attached hydrogens (tertiary/aromatic N) is 1. The Kier molecular flexibility index (Phi) is 2.73. The molecule has 1 aromatic rings. The van der Waals surface area contributed by atoms with E-state index in [9.17, 15) is 18.0 Å². The molecule has 0 bridgehead atoms. The van der Waals surface area contributed by atoms with Gasteiger partial charge in [0, 0.05) is 11.8 Å². The summed E-state index contributed by atoms with van der Waals surface area (Å²) in [5.74, 6) is -2.69. The Morgan fingerprint density at radius 1 is 1.57 bits per heavy atom. The third kappa shape index (κ3) is 1.68. The van der Waals surface area contributed by atoms with Gasteiger partial charge in [0.2, 0.25) is 0 Å². The van der Waals surface area contributed by atoms with Crippen molar-refractivity contribution in [1.82, 2.24) is 4.98 Å². The highest BCUT2D eigenvalue weighted by molar-refractivity contribution is 5.87. The highest BCUT2D eigenvalue weighted by Crippen LogP contribution is 2.23. The number of rotatable bonds is 2. The highest BCUT2D eigenvalue weighted by Gasteiger charge is 2.20. The lowest BCUT2D eigenvalue weighted by atomic mass is 10.1. The number of aromatic carboxylic acids is 1. The summed E-state index contributed by atoms with van der Waals surface area (Å²) in [4.78, 5) is 13.6. The predicted octanol–water partition coefficient (Wildman–Crippen LogP) is 2.16. The van der Waals surface area contributed by atoms with Crippen molar-refractivity contribution in [2.45, 2.75) is 13.3 Å². The first-order chi connectivity index (χ1) is 6.45. The second-order valence-corrected chi connectivity index (χ2v) is 2.60. The SMILES string of the molecule is Cc1c(C(F)F)ncc(C(=O)O)c1F. The molecule has 0 aliphatic heterocycles. The van der Waals surface area contributed by atoms with Crippen molar-refractivity contribution in [2.24, 2.45) is 0 Å². The fraction of sp³-hybridized carbons (Fsp3) is 0.250. The van der Waals surface area contributed by atoms with Crippen LogP contribution < -0.4 is 0 Å². The van der Waals surface area contributed by atoms with Crippen LogP contribution in [0.25, 0.3) is 0 Å². The van der Waals surface area contributed by atoms with Crippen LogP contribution in [0.1, 0.15) is 28.0 Å². The Hall–Kier alpha value is -1.59. The van der Waals surface area contributed by atoms with Crippen molar-refractivity contribution in [3.8, 4) is 0 Å². The Morgan fingerprint density at radius 2 is 2.14 bits per heavy atom. The second-order valence-electron chi connectivity index (χ2n) is 2.60. The van der Waals surface area contributed by atoms with E-state index in [2.05, 4.69) is 4.98 Å². The van der Waals surface area contributed by atoms with Gasteiger partial charge in [-0.25, -0.2) is 18.0 Å². The topological polar surface area (TPSA) is 50.2 Å². The molecule has 0 aliphatic rings. The summed E-state index contributed by atoms with van der Waals surface area (Å²) >= 11 is 0. The van der Waals surface area contributed by atoms with Crippen LogP contribution in [-0.2, 0) is 0 Å². The lowest BCUT2D eigenvalue weighted by molar-refractivity contribution is 0.0690. The molecule has 0 atom stereocenters. The molecule has 6 heteroatoms. The molecule has 0 saturated carbocycles. The predicted molar refractivity (Wildman–Crippen MR) is 40.8 cm³/mol. The minimum absolute atomic E-state index is 0.431. The number of aromatic nitrogens is 1. The van der Waals surface area contributed by atoms with Crippen molar-refractivity contribution in [1.29, 1.82) is 0 Å². The van der Waals surface area contributed by atoms with E-state index in [1.54, 1.807) is 0 Å². The van der Waals surface area contributed by atoms with E-state index in [-0.39, 0.29) is 0 Å². The zero-order valence-corrected chi connectivity index (χ0v) is 7.09. The zero-order chi connectivity index (χ0) is 10.9. The summed E-state index contributed by atoms with van der Waals surface area (Å²) in [6.07, 6.45) is -2.32. The minimum Gasteiger partial charge on any atom is -0.478 e. The molecule has 0 aromatic carbocycles. The number of hydrogen-bond acceptors (Lipinski definition) is 2. The maximum Gasteiger partial charge on any atom is 0.340 e. The Morgan fingerprint density at radius 3 is 2.57 bits per heavy atom. The summed E-state index contributed by atoms with van der Waals surface area (Å²) in [5.41, 5.74) is -1.86. The van der Waals surface area contributed by atoms with Crippen molar-refractivity contribution < 1.29 is 23.1 Å². The largest absolute Gasteiger partial charge is 0.478 e. The molecule has 0 spiro atoms. The zero-order valence-electron chi connectivity index (χ0n) is 7.09. The van der Waals surface area contributed by atoms with Crippen molar-refractivity contribution in [3.05, 3.63) is 28.8 Å². The minimum atomic E-state index is -2.91. The van der Waals surface area contributed by atoms with Gasteiger partial charge < -0.3 is 5.11 Å². The van der Waals surface area contributed by atoms with Crippen LogP contribution >= 0.6 is 0 Å². The van der Waals surface area contributed by atoms with E-state index in [4.69, 9.17) is 5.11 Å². The van der Waals surface area contributed by atoms with Crippen LogP contribution in [-0.4, -0.2) is 16.1 Å².